The summed E-state index contributed by atoms with van der Waals surface area (Å²) >= 11 is 0. The van der Waals surface area contributed by atoms with Crippen LogP contribution in [0.3, 0.4) is 0 Å². The van der Waals surface area contributed by atoms with Crippen LogP contribution in [0.5, 0.6) is 0 Å². The van der Waals surface area contributed by atoms with Gasteiger partial charge in [0.1, 0.15) is 42.7 Å². The van der Waals surface area contributed by atoms with Gasteiger partial charge < -0.3 is 43.4 Å². The van der Waals surface area contributed by atoms with Crippen molar-refractivity contribution >= 4 is 35.6 Å². The molecule has 5 aliphatic carbocycles. The summed E-state index contributed by atoms with van der Waals surface area (Å²) in [6.45, 7) is 12.2. The number of hydrogen-bond donors (Lipinski definition) is 2. The Labute approximate surface area is 328 Å². The van der Waals surface area contributed by atoms with Crippen molar-refractivity contribution in [1.82, 2.24) is 0 Å². The van der Waals surface area contributed by atoms with Gasteiger partial charge in [-0.1, -0.05) is 25.9 Å². The number of nitrogens with zero attached hydrogens (tertiary/aromatic N) is 3. The Morgan fingerprint density at radius 2 is 1.51 bits per heavy atom. The SMILES string of the molecule is CC(=O)O[C@H]1[C@H]2[C@H]([C@@H]3[C@@H](OC(=O)CCCCN=[N+]=[N-])[C@@H]4[C@H]([C@H](C)[C@H]5O[C@]56OC(=O)[C@@](C)(O)[C@]46C)[C@@]3(C)[C@H]1OC(C)=O)[C@@H](O)C(=O)[C@H]1C[C@@H]3O[C@@H]3[C@H](OC(C)=O)[C@]21C. The van der Waals surface area contributed by atoms with Crippen LogP contribution in [0.4, 0.5) is 0 Å². The lowest BCUT2D eigenvalue weighted by Gasteiger charge is -2.65. The Kier molecular flexibility index (Phi) is 9.00. The van der Waals surface area contributed by atoms with E-state index < -0.39 is 154 Å². The second kappa shape index (κ2) is 12.8. The normalized spacial score (nSPS) is 51.7. The minimum atomic E-state index is -2.21. The van der Waals surface area contributed by atoms with Crippen molar-refractivity contribution in [2.75, 3.05) is 6.54 Å². The number of hydrogen-bond acceptors (Lipinski definition) is 16. The zero-order chi connectivity index (χ0) is 41.5. The Hall–Kier alpha value is -3.83. The lowest BCUT2D eigenvalue weighted by atomic mass is 9.41. The van der Waals surface area contributed by atoms with Crippen molar-refractivity contribution < 1.29 is 72.1 Å². The van der Waals surface area contributed by atoms with Crippen LogP contribution < -0.4 is 0 Å². The van der Waals surface area contributed by atoms with E-state index in [1.54, 1.807) is 20.8 Å². The van der Waals surface area contributed by atoms with Crippen LogP contribution in [0.25, 0.3) is 10.4 Å². The molecule has 18 nitrogen and oxygen atoms in total. The van der Waals surface area contributed by atoms with Gasteiger partial charge in [0, 0.05) is 79.1 Å². The summed E-state index contributed by atoms with van der Waals surface area (Å²) in [5, 5.41) is 28.3. The summed E-state index contributed by atoms with van der Waals surface area (Å²) in [6.07, 6.45) is -7.81. The van der Waals surface area contributed by atoms with E-state index >= 15 is 0 Å². The summed E-state index contributed by atoms with van der Waals surface area (Å²) in [6, 6.07) is 0. The molecule has 20 atom stereocenters. The number of aliphatic hydroxyl groups excluding tert-OH is 1. The Morgan fingerprint density at radius 1 is 0.877 bits per heavy atom. The van der Waals surface area contributed by atoms with Crippen molar-refractivity contribution in [2.45, 2.75) is 141 Å². The molecule has 0 aromatic heterocycles. The number of carbonyl (C=O) groups is 6. The molecule has 5 saturated carbocycles. The minimum Gasteiger partial charge on any atom is -0.462 e. The first-order valence-electron chi connectivity index (χ1n) is 19.9. The first kappa shape index (κ1) is 40.0. The average molecular weight is 802 g/mol. The van der Waals surface area contributed by atoms with E-state index in [1.807, 2.05) is 6.92 Å². The van der Waals surface area contributed by atoms with Gasteiger partial charge in [-0.2, -0.15) is 0 Å². The van der Waals surface area contributed by atoms with E-state index in [-0.39, 0.29) is 25.8 Å². The Morgan fingerprint density at radius 3 is 2.14 bits per heavy atom. The molecule has 2 N–H and O–H groups in total. The monoisotopic (exact) mass is 801 g/mol. The molecule has 3 saturated heterocycles. The van der Waals surface area contributed by atoms with Crippen molar-refractivity contribution in [1.29, 1.82) is 0 Å². The van der Waals surface area contributed by atoms with Crippen molar-refractivity contribution in [3.63, 3.8) is 0 Å². The fourth-order valence-corrected chi connectivity index (χ4v) is 13.7. The minimum absolute atomic E-state index is 0.117. The number of aliphatic hydroxyl groups is 2. The van der Waals surface area contributed by atoms with Gasteiger partial charge in [0.2, 0.25) is 5.79 Å². The van der Waals surface area contributed by atoms with Crippen LogP contribution >= 0.6 is 0 Å². The topological polar surface area (TPSA) is 263 Å². The van der Waals surface area contributed by atoms with E-state index in [1.165, 1.54) is 27.7 Å². The molecule has 0 amide bonds. The average Bonchev–Trinajstić information content (AvgIpc) is 4.03. The maximum absolute atomic E-state index is 14.8. The van der Waals surface area contributed by atoms with Crippen LogP contribution in [-0.2, 0) is 61.9 Å². The van der Waals surface area contributed by atoms with E-state index in [0.717, 1.165) is 0 Å². The van der Waals surface area contributed by atoms with Crippen LogP contribution in [0.1, 0.15) is 81.1 Å². The first-order chi connectivity index (χ1) is 26.7. The highest BCUT2D eigenvalue weighted by molar-refractivity contribution is 5.88. The standard InChI is InChI=1S/C39H51N3O15/c1-14-22-25(37(7)38(8,50)34(49)57-39(37)31(14)56-39)29(55-20(46)11-9-10-12-41-42-40)23-21-24(30(51-15(2)43)33(36(22,23)6)53-17(4)45)35(5)18(26(47)27(21)48)13-19-28(54-19)32(35)52-16(3)44/h14,18-19,21-25,27-33,48,50H,9-13H2,1-8H3/t14-,18+,19-,21-,22-,23+,24+,25-,27+,28-,29+,30-,31+,32-,33-,35-,36+,37-,38+,39-/m0/s1. The molecular formula is C39H51N3O15. The molecule has 8 rings (SSSR count). The maximum atomic E-state index is 14.8. The van der Waals surface area contributed by atoms with Gasteiger partial charge >= 0.3 is 29.8 Å². The number of epoxide rings is 2. The third kappa shape index (κ3) is 5.06. The predicted molar refractivity (Wildman–Crippen MR) is 187 cm³/mol. The second-order valence-electron chi connectivity index (χ2n) is 18.4. The van der Waals surface area contributed by atoms with Crippen molar-refractivity contribution in [2.24, 2.45) is 62.8 Å². The van der Waals surface area contributed by atoms with Gasteiger partial charge in [0.15, 0.2) is 11.4 Å². The number of ketones is 1. The van der Waals surface area contributed by atoms with E-state index in [4.69, 9.17) is 38.7 Å². The number of unbranched alkanes of at least 4 members (excludes halogenated alkanes) is 1. The molecule has 8 fully saturated rings. The maximum Gasteiger partial charge on any atom is 0.341 e. The van der Waals surface area contributed by atoms with Gasteiger partial charge in [-0.15, -0.1) is 0 Å². The lowest BCUT2D eigenvalue weighted by molar-refractivity contribution is -0.273. The van der Waals surface area contributed by atoms with Gasteiger partial charge in [0.25, 0.3) is 0 Å². The predicted octanol–water partition coefficient (Wildman–Crippen LogP) is 2.08. The summed E-state index contributed by atoms with van der Waals surface area (Å²) < 4.78 is 43.3. The molecule has 8 aliphatic rings. The van der Waals surface area contributed by atoms with Crippen LogP contribution in [0.2, 0.25) is 0 Å². The number of ether oxygens (including phenoxy) is 7. The molecule has 18 heteroatoms. The van der Waals surface area contributed by atoms with Gasteiger partial charge in [-0.05, 0) is 50.5 Å². The number of esters is 5. The van der Waals surface area contributed by atoms with Gasteiger partial charge in [0.05, 0.1) is 11.5 Å². The second-order valence-corrected chi connectivity index (χ2v) is 18.4. The fourth-order valence-electron chi connectivity index (χ4n) is 13.7. The van der Waals surface area contributed by atoms with Crippen LogP contribution in [0, 0.1) is 57.7 Å². The van der Waals surface area contributed by atoms with Gasteiger partial charge in [-0.25, -0.2) is 4.79 Å². The first-order valence-corrected chi connectivity index (χ1v) is 19.9. The largest absolute Gasteiger partial charge is 0.462 e. The number of fused-ring (bicyclic) bond motifs is 9. The number of Topliss-reactive ketones (excluding diaryl/α,β-unsaturated/α-hetero) is 1. The number of azide groups is 1. The fraction of sp³-hybridized carbons (Fsp3) is 0.846. The van der Waals surface area contributed by atoms with E-state index in [2.05, 4.69) is 10.0 Å². The van der Waals surface area contributed by atoms with Crippen molar-refractivity contribution in [3.8, 4) is 0 Å². The highest BCUT2D eigenvalue weighted by Crippen LogP contribution is 2.81. The molecule has 3 heterocycles. The quantitative estimate of drug-likeness (QED) is 0.0643. The summed E-state index contributed by atoms with van der Waals surface area (Å²) in [7, 11) is 0. The molecule has 57 heavy (non-hydrogen) atoms. The molecule has 0 aromatic carbocycles. The van der Waals surface area contributed by atoms with E-state index in [9.17, 15) is 39.0 Å². The highest BCUT2D eigenvalue weighted by Gasteiger charge is 2.93. The van der Waals surface area contributed by atoms with Crippen LogP contribution in [-0.4, -0.2) is 113 Å². The Bertz CT molecular complexity index is 1870. The van der Waals surface area contributed by atoms with E-state index in [0.29, 0.717) is 6.42 Å². The lowest BCUT2D eigenvalue weighted by Crippen LogP contribution is -2.74. The molecular weight excluding hydrogens is 750 g/mol. The molecule has 3 aliphatic heterocycles. The molecule has 0 unspecified atom stereocenters. The van der Waals surface area contributed by atoms with Crippen molar-refractivity contribution in [3.05, 3.63) is 10.4 Å². The summed E-state index contributed by atoms with van der Waals surface area (Å²) in [5.74, 6) is -12.5. The third-order valence-corrected chi connectivity index (χ3v) is 15.9. The zero-order valence-corrected chi connectivity index (χ0v) is 33.2. The molecule has 0 bridgehead atoms. The Balaban J connectivity index is 1.37. The van der Waals surface area contributed by atoms with Gasteiger partial charge in [-0.3, -0.25) is 24.0 Å². The molecule has 1 spiro atoms. The number of rotatable bonds is 9. The molecule has 0 radical (unpaired) electrons. The number of carbonyl (C=O) groups excluding carboxylic acids is 6. The summed E-state index contributed by atoms with van der Waals surface area (Å²) in [4.78, 5) is 84.6. The summed E-state index contributed by atoms with van der Waals surface area (Å²) in [5.41, 5.74) is 2.11. The molecule has 312 valence electrons. The smallest absolute Gasteiger partial charge is 0.341 e. The van der Waals surface area contributed by atoms with Crippen LogP contribution in [0.15, 0.2) is 5.11 Å². The third-order valence-electron chi connectivity index (χ3n) is 15.9. The molecule has 0 aromatic rings. The zero-order valence-electron chi connectivity index (χ0n) is 33.2. The highest BCUT2D eigenvalue weighted by atomic mass is 16.8.